The van der Waals surface area contributed by atoms with Gasteiger partial charge in [0.2, 0.25) is 5.91 Å². The number of carbonyl (C=O) groups excluding carboxylic acids is 2. The van der Waals surface area contributed by atoms with Crippen molar-refractivity contribution in [3.63, 3.8) is 0 Å². The highest BCUT2D eigenvalue weighted by molar-refractivity contribution is 5.88. The third-order valence-corrected chi connectivity index (χ3v) is 4.92. The highest BCUT2D eigenvalue weighted by Gasteiger charge is 2.41. The molecule has 0 aromatic carbocycles. The molecule has 112 valence electrons. The molecule has 2 aliphatic rings. The van der Waals surface area contributed by atoms with Crippen LogP contribution in [0.25, 0.3) is 0 Å². The minimum Gasteiger partial charge on any atom is -0.341 e. The molecule has 0 saturated heterocycles. The van der Waals surface area contributed by atoms with E-state index in [1.807, 2.05) is 19.2 Å². The topological polar surface area (TPSA) is 50.3 Å². The van der Waals surface area contributed by atoms with Crippen LogP contribution in [0.5, 0.6) is 0 Å². The molecule has 2 saturated carbocycles. The van der Waals surface area contributed by atoms with E-state index in [0.29, 0.717) is 12.3 Å². The lowest BCUT2D eigenvalue weighted by molar-refractivity contribution is -0.142. The van der Waals surface area contributed by atoms with Crippen LogP contribution in [0.4, 0.5) is 0 Å². The monoisotopic (exact) mass is 286 g/mol. The van der Waals surface area contributed by atoms with E-state index in [4.69, 9.17) is 0 Å². The number of fused-ring (bicyclic) bond motifs is 2. The summed E-state index contributed by atoms with van der Waals surface area (Å²) in [6.45, 7) is 0.590. The maximum atomic E-state index is 12.6. The molecule has 1 heterocycles. The molecule has 2 aliphatic carbocycles. The average molecular weight is 286 g/mol. The molecular weight excluding hydrogens is 264 g/mol. The first kappa shape index (κ1) is 14.2. The molecule has 1 aromatic rings. The van der Waals surface area contributed by atoms with Gasteiger partial charge in [-0.15, -0.1) is 0 Å². The summed E-state index contributed by atoms with van der Waals surface area (Å²) in [7, 11) is 1.85. The Balaban J connectivity index is 1.64. The quantitative estimate of drug-likeness (QED) is 0.857. The van der Waals surface area contributed by atoms with E-state index in [1.54, 1.807) is 17.3 Å². The summed E-state index contributed by atoms with van der Waals surface area (Å²) in [5, 5.41) is 0. The Labute approximate surface area is 125 Å². The molecule has 2 fully saturated rings. The number of hydrogen-bond acceptors (Lipinski definition) is 3. The Morgan fingerprint density at radius 3 is 2.67 bits per heavy atom. The van der Waals surface area contributed by atoms with Crippen molar-refractivity contribution >= 4 is 11.7 Å². The molecule has 1 amide bonds. The maximum absolute atomic E-state index is 12.6. The van der Waals surface area contributed by atoms with E-state index >= 15 is 0 Å². The van der Waals surface area contributed by atoms with Crippen molar-refractivity contribution in [2.24, 2.45) is 17.8 Å². The predicted octanol–water partition coefficient (Wildman–Crippen LogP) is 2.44. The largest absolute Gasteiger partial charge is 0.341 e. The molecule has 3 rings (SSSR count). The van der Waals surface area contributed by atoms with Crippen molar-refractivity contribution < 1.29 is 9.59 Å². The molecule has 21 heavy (non-hydrogen) atoms. The zero-order valence-electron chi connectivity index (χ0n) is 12.5. The number of ketones is 1. The lowest BCUT2D eigenvalue weighted by atomic mass is 9.67. The summed E-state index contributed by atoms with van der Waals surface area (Å²) in [5.74, 6) is 0.902. The van der Waals surface area contributed by atoms with Crippen LogP contribution in [0.2, 0.25) is 0 Å². The van der Waals surface area contributed by atoms with Crippen molar-refractivity contribution in [2.75, 3.05) is 7.05 Å². The van der Waals surface area contributed by atoms with Crippen LogP contribution >= 0.6 is 0 Å². The van der Waals surface area contributed by atoms with Crippen molar-refractivity contribution in [2.45, 2.75) is 38.6 Å². The van der Waals surface area contributed by atoms with Crippen LogP contribution in [0, 0.1) is 17.8 Å². The second kappa shape index (κ2) is 5.96. The molecule has 0 N–H and O–H groups in total. The molecule has 0 aliphatic heterocycles. The van der Waals surface area contributed by atoms with Gasteiger partial charge in [-0.1, -0.05) is 12.5 Å². The summed E-state index contributed by atoms with van der Waals surface area (Å²) >= 11 is 0. The molecule has 0 radical (unpaired) electrons. The summed E-state index contributed by atoms with van der Waals surface area (Å²) in [6.07, 6.45) is 8.14. The van der Waals surface area contributed by atoms with Crippen LogP contribution in [0.3, 0.4) is 0 Å². The van der Waals surface area contributed by atoms with Gasteiger partial charge in [-0.3, -0.25) is 14.6 Å². The van der Waals surface area contributed by atoms with Crippen LogP contribution in [-0.2, 0) is 16.1 Å². The Bertz CT molecular complexity index is 513. The molecule has 0 spiro atoms. The number of pyridine rings is 1. The van der Waals surface area contributed by atoms with E-state index in [0.717, 1.165) is 37.7 Å². The third-order valence-electron chi connectivity index (χ3n) is 4.92. The van der Waals surface area contributed by atoms with E-state index in [9.17, 15) is 9.59 Å². The Kier molecular flexibility index (Phi) is 4.04. The molecule has 2 unspecified atom stereocenters. The van der Waals surface area contributed by atoms with Crippen molar-refractivity contribution in [3.8, 4) is 0 Å². The lowest BCUT2D eigenvalue weighted by Gasteiger charge is -2.38. The standard InChI is InChI=1S/C17H22N2O2/c1-19(11-12-4-3-7-18-10-12)17(21)15-8-13-5-2-6-14(9-15)16(13)20/h3-4,7,10,13-15H,2,5-6,8-9,11H2,1H3. The molecular formula is C17H22N2O2. The fraction of sp³-hybridized carbons (Fsp3) is 0.588. The van der Waals surface area contributed by atoms with Gasteiger partial charge >= 0.3 is 0 Å². The van der Waals surface area contributed by atoms with Crippen LogP contribution in [0.1, 0.15) is 37.7 Å². The summed E-state index contributed by atoms with van der Waals surface area (Å²) in [5.41, 5.74) is 1.04. The Hall–Kier alpha value is -1.71. The predicted molar refractivity (Wildman–Crippen MR) is 79.3 cm³/mol. The second-order valence-corrected chi connectivity index (χ2v) is 6.45. The van der Waals surface area contributed by atoms with Crippen LogP contribution < -0.4 is 0 Å². The number of rotatable bonds is 3. The minimum absolute atomic E-state index is 0.0275. The molecule has 2 bridgehead atoms. The Morgan fingerprint density at radius 2 is 2.05 bits per heavy atom. The number of Topliss-reactive ketones (excluding diaryl/α,β-unsaturated/α-hetero) is 1. The third kappa shape index (κ3) is 2.99. The molecule has 4 heteroatoms. The first-order chi connectivity index (χ1) is 10.1. The number of aromatic nitrogens is 1. The van der Waals surface area contributed by atoms with Crippen molar-refractivity contribution in [1.82, 2.24) is 9.88 Å². The molecule has 2 atom stereocenters. The average Bonchev–Trinajstić information content (AvgIpc) is 2.47. The summed E-state index contributed by atoms with van der Waals surface area (Å²) in [4.78, 5) is 30.6. The number of carbonyl (C=O) groups is 2. The van der Waals surface area contributed by atoms with Gasteiger partial charge in [0.1, 0.15) is 5.78 Å². The Morgan fingerprint density at radius 1 is 1.33 bits per heavy atom. The normalized spacial score (nSPS) is 28.2. The lowest BCUT2D eigenvalue weighted by Crippen LogP contribution is -2.43. The van der Waals surface area contributed by atoms with E-state index in [-0.39, 0.29) is 23.7 Å². The maximum Gasteiger partial charge on any atom is 0.225 e. The van der Waals surface area contributed by atoms with Crippen LogP contribution in [0.15, 0.2) is 24.5 Å². The van der Waals surface area contributed by atoms with Crippen molar-refractivity contribution in [3.05, 3.63) is 30.1 Å². The number of hydrogen-bond donors (Lipinski definition) is 0. The number of amides is 1. The zero-order chi connectivity index (χ0) is 14.8. The van der Waals surface area contributed by atoms with Gasteiger partial charge in [-0.05, 0) is 37.3 Å². The smallest absolute Gasteiger partial charge is 0.225 e. The zero-order valence-corrected chi connectivity index (χ0v) is 12.5. The van der Waals surface area contributed by atoms with Gasteiger partial charge in [-0.25, -0.2) is 0 Å². The van der Waals surface area contributed by atoms with Gasteiger partial charge < -0.3 is 4.90 Å². The fourth-order valence-corrected chi connectivity index (χ4v) is 3.84. The van der Waals surface area contributed by atoms with Gasteiger partial charge in [-0.2, -0.15) is 0 Å². The first-order valence-corrected chi connectivity index (χ1v) is 7.82. The van der Waals surface area contributed by atoms with E-state index < -0.39 is 0 Å². The first-order valence-electron chi connectivity index (χ1n) is 7.82. The second-order valence-electron chi connectivity index (χ2n) is 6.45. The summed E-state index contributed by atoms with van der Waals surface area (Å²) < 4.78 is 0. The fourth-order valence-electron chi connectivity index (χ4n) is 3.84. The SMILES string of the molecule is CN(Cc1cccnc1)C(=O)C1CC2CCCC(C1)C2=O. The van der Waals surface area contributed by atoms with Gasteiger partial charge in [0.05, 0.1) is 0 Å². The van der Waals surface area contributed by atoms with Crippen LogP contribution in [-0.4, -0.2) is 28.6 Å². The molecule has 4 nitrogen and oxygen atoms in total. The highest BCUT2D eigenvalue weighted by Crippen LogP contribution is 2.40. The highest BCUT2D eigenvalue weighted by atomic mass is 16.2. The van der Waals surface area contributed by atoms with Gasteiger partial charge in [0.25, 0.3) is 0 Å². The summed E-state index contributed by atoms with van der Waals surface area (Å²) in [6, 6.07) is 3.87. The van der Waals surface area contributed by atoms with E-state index in [1.165, 1.54) is 0 Å². The van der Waals surface area contributed by atoms with Gasteiger partial charge in [0.15, 0.2) is 0 Å². The van der Waals surface area contributed by atoms with Crippen molar-refractivity contribution in [1.29, 1.82) is 0 Å². The minimum atomic E-state index is 0.0275. The molecule has 1 aromatic heterocycles. The van der Waals surface area contributed by atoms with E-state index in [2.05, 4.69) is 4.98 Å². The van der Waals surface area contributed by atoms with Gasteiger partial charge in [0, 0.05) is 43.7 Å². The number of nitrogens with zero attached hydrogens (tertiary/aromatic N) is 2.